The highest BCUT2D eigenvalue weighted by molar-refractivity contribution is 5.95. The molecule has 3 heterocycles. The van der Waals surface area contributed by atoms with Crippen molar-refractivity contribution in [2.75, 3.05) is 6.61 Å². The molecule has 152 valence electrons. The summed E-state index contributed by atoms with van der Waals surface area (Å²) in [6.07, 6.45) is 5.59. The lowest BCUT2D eigenvalue weighted by Gasteiger charge is -2.27. The highest BCUT2D eigenvalue weighted by Crippen LogP contribution is 2.63. The largest absolute Gasteiger partial charge is 0.494 e. The molecule has 5 rings (SSSR count). The van der Waals surface area contributed by atoms with Crippen LogP contribution in [0.1, 0.15) is 42.9 Å². The molecule has 0 saturated heterocycles. The molecule has 2 unspecified atom stereocenters. The molecule has 2 atom stereocenters. The summed E-state index contributed by atoms with van der Waals surface area (Å²) < 4.78 is 7.80. The lowest BCUT2D eigenvalue weighted by Crippen LogP contribution is -2.25. The maximum atomic E-state index is 11.3. The highest BCUT2D eigenvalue weighted by atomic mass is 16.5. The van der Waals surface area contributed by atoms with Gasteiger partial charge in [-0.2, -0.15) is 5.26 Å². The van der Waals surface area contributed by atoms with Crippen LogP contribution in [0.3, 0.4) is 0 Å². The van der Waals surface area contributed by atoms with Crippen LogP contribution in [0.5, 0.6) is 11.8 Å². The molecule has 2 aliphatic rings. The average Bonchev–Trinajstić information content (AvgIpc) is 3.34. The second-order valence-corrected chi connectivity index (χ2v) is 7.96. The normalized spacial score (nSPS) is 23.8. The number of aromatic hydroxyl groups is 2. The number of nitriles is 1. The van der Waals surface area contributed by atoms with Gasteiger partial charge in [0, 0.05) is 23.8 Å². The Labute approximate surface area is 173 Å². The Morgan fingerprint density at radius 3 is 2.20 bits per heavy atom. The van der Waals surface area contributed by atoms with Gasteiger partial charge in [0.15, 0.2) is 0 Å². The summed E-state index contributed by atoms with van der Waals surface area (Å²) in [5.74, 6) is -0.178. The van der Waals surface area contributed by atoms with Gasteiger partial charge < -0.3 is 20.1 Å². The molecule has 0 fully saturated rings. The molecule has 0 amide bonds. The predicted octanol–water partition coefficient (Wildman–Crippen LogP) is 4.09. The van der Waals surface area contributed by atoms with Crippen molar-refractivity contribution in [2.24, 2.45) is 0 Å². The summed E-state index contributed by atoms with van der Waals surface area (Å²) in [5, 5.41) is 43.3. The molecule has 0 aliphatic carbocycles. The molecule has 1 aromatic heterocycles. The van der Waals surface area contributed by atoms with E-state index in [0.717, 1.165) is 17.2 Å². The first-order valence-electron chi connectivity index (χ1n) is 10.1. The molecule has 2 aliphatic heterocycles. The number of rotatable bonds is 5. The second-order valence-electron chi connectivity index (χ2n) is 7.96. The zero-order valence-electron chi connectivity index (χ0n) is 16.6. The van der Waals surface area contributed by atoms with Crippen LogP contribution in [0.25, 0.3) is 16.5 Å². The number of benzene rings is 2. The molecule has 6 heteroatoms. The monoisotopic (exact) mass is 402 g/mol. The van der Waals surface area contributed by atoms with Crippen molar-refractivity contribution in [1.29, 1.82) is 5.26 Å². The molecule has 0 saturated carbocycles. The Kier molecular flexibility index (Phi) is 3.97. The van der Waals surface area contributed by atoms with Gasteiger partial charge in [0.25, 0.3) is 0 Å². The Bertz CT molecular complexity index is 1210. The van der Waals surface area contributed by atoms with Gasteiger partial charge in [0.05, 0.1) is 28.4 Å². The van der Waals surface area contributed by atoms with E-state index in [2.05, 4.69) is 6.07 Å². The first-order valence-corrected chi connectivity index (χ1v) is 10.1. The summed E-state index contributed by atoms with van der Waals surface area (Å²) >= 11 is 0. The van der Waals surface area contributed by atoms with Crippen LogP contribution in [0, 0.1) is 11.3 Å². The Morgan fingerprint density at radius 2 is 1.60 bits per heavy atom. The minimum absolute atomic E-state index is 0.0741. The van der Waals surface area contributed by atoms with Gasteiger partial charge in [-0.1, -0.05) is 37.6 Å². The molecular formula is C24H22N2O4. The lowest BCUT2D eigenvalue weighted by atomic mass is 9.81. The zero-order valence-corrected chi connectivity index (χ0v) is 16.6. The molecule has 6 nitrogen and oxygen atoms in total. The molecule has 0 spiro atoms. The number of aliphatic hydroxyl groups excluding tert-OH is 1. The standard InChI is InChI=1S/C24H22N2O4/c1-2-9-23-10-11-24(30-23,12-13-27)20-19(23)21(28)26(22(20)29)18-8-7-15(14-25)16-5-3-4-6-17(16)18/h3-8,10-11,27-29H,2,9,12-13H2,1H3. The van der Waals surface area contributed by atoms with Crippen molar-refractivity contribution in [2.45, 2.75) is 37.4 Å². The summed E-state index contributed by atoms with van der Waals surface area (Å²) in [5.41, 5.74) is 0.393. The summed E-state index contributed by atoms with van der Waals surface area (Å²) in [6, 6.07) is 13.0. The van der Waals surface area contributed by atoms with Crippen LogP contribution < -0.4 is 0 Å². The van der Waals surface area contributed by atoms with E-state index in [0.29, 0.717) is 28.8 Å². The average molecular weight is 402 g/mol. The fraction of sp³-hybridized carbons (Fsp3) is 0.292. The first kappa shape index (κ1) is 18.7. The van der Waals surface area contributed by atoms with Gasteiger partial charge in [-0.15, -0.1) is 0 Å². The Balaban J connectivity index is 1.82. The highest BCUT2D eigenvalue weighted by Gasteiger charge is 2.60. The molecule has 3 N–H and O–H groups in total. The van der Waals surface area contributed by atoms with E-state index in [4.69, 9.17) is 4.74 Å². The first-order chi connectivity index (χ1) is 14.5. The Hall–Kier alpha value is -3.27. The fourth-order valence-corrected chi connectivity index (χ4v) is 5.14. The van der Waals surface area contributed by atoms with Crippen molar-refractivity contribution < 1.29 is 20.1 Å². The fourth-order valence-electron chi connectivity index (χ4n) is 5.14. The topological polar surface area (TPSA) is 98.6 Å². The molecule has 3 aromatic rings. The van der Waals surface area contributed by atoms with E-state index in [1.807, 2.05) is 43.3 Å². The molecule has 0 radical (unpaired) electrons. The molecule has 2 aromatic carbocycles. The third-order valence-corrected chi connectivity index (χ3v) is 6.32. The SMILES string of the molecule is CCCC12C=CC(CCO)(O1)c1c2c(O)n(-c2ccc(C#N)c3ccccc23)c1O. The van der Waals surface area contributed by atoms with Crippen molar-refractivity contribution in [1.82, 2.24) is 4.57 Å². The third-order valence-electron chi connectivity index (χ3n) is 6.32. The van der Waals surface area contributed by atoms with Crippen LogP contribution in [0.2, 0.25) is 0 Å². The van der Waals surface area contributed by atoms with E-state index in [1.54, 1.807) is 12.1 Å². The lowest BCUT2D eigenvalue weighted by molar-refractivity contribution is -0.0861. The van der Waals surface area contributed by atoms with E-state index in [-0.39, 0.29) is 24.8 Å². The summed E-state index contributed by atoms with van der Waals surface area (Å²) in [6.45, 7) is 1.93. The predicted molar refractivity (Wildman–Crippen MR) is 112 cm³/mol. The van der Waals surface area contributed by atoms with Crippen LogP contribution in [-0.4, -0.2) is 26.5 Å². The number of aromatic nitrogens is 1. The third kappa shape index (κ3) is 2.19. The van der Waals surface area contributed by atoms with Gasteiger partial charge in [-0.25, -0.2) is 0 Å². The number of nitrogens with zero attached hydrogens (tertiary/aromatic N) is 2. The molecule has 2 bridgehead atoms. The van der Waals surface area contributed by atoms with E-state index < -0.39 is 11.2 Å². The zero-order chi connectivity index (χ0) is 21.1. The summed E-state index contributed by atoms with van der Waals surface area (Å²) in [7, 11) is 0. The molecule has 30 heavy (non-hydrogen) atoms. The van der Waals surface area contributed by atoms with Crippen molar-refractivity contribution >= 4 is 10.8 Å². The number of aliphatic hydroxyl groups is 1. The minimum atomic E-state index is -0.964. The minimum Gasteiger partial charge on any atom is -0.494 e. The number of fused-ring (bicyclic) bond motifs is 6. The van der Waals surface area contributed by atoms with Gasteiger partial charge in [0.1, 0.15) is 11.2 Å². The van der Waals surface area contributed by atoms with Crippen LogP contribution in [0.15, 0.2) is 48.6 Å². The van der Waals surface area contributed by atoms with Gasteiger partial charge in [-0.05, 0) is 30.7 Å². The smallest absolute Gasteiger partial charge is 0.205 e. The number of hydrogen-bond acceptors (Lipinski definition) is 5. The second kappa shape index (κ2) is 6.36. The van der Waals surface area contributed by atoms with Crippen LogP contribution in [-0.2, 0) is 15.9 Å². The van der Waals surface area contributed by atoms with Gasteiger partial charge in [-0.3, -0.25) is 4.57 Å². The van der Waals surface area contributed by atoms with Crippen molar-refractivity contribution in [3.05, 3.63) is 65.2 Å². The van der Waals surface area contributed by atoms with Crippen LogP contribution in [0.4, 0.5) is 0 Å². The maximum Gasteiger partial charge on any atom is 0.205 e. The van der Waals surface area contributed by atoms with E-state index in [9.17, 15) is 20.6 Å². The van der Waals surface area contributed by atoms with Gasteiger partial charge in [0.2, 0.25) is 11.8 Å². The Morgan fingerprint density at radius 1 is 0.967 bits per heavy atom. The van der Waals surface area contributed by atoms with E-state index >= 15 is 0 Å². The number of hydrogen-bond donors (Lipinski definition) is 3. The number of ether oxygens (including phenoxy) is 1. The van der Waals surface area contributed by atoms with Gasteiger partial charge >= 0.3 is 0 Å². The quantitative estimate of drug-likeness (QED) is 0.559. The van der Waals surface area contributed by atoms with Crippen molar-refractivity contribution in [3.8, 4) is 23.5 Å². The maximum absolute atomic E-state index is 11.3. The van der Waals surface area contributed by atoms with Crippen molar-refractivity contribution in [3.63, 3.8) is 0 Å². The molecular weight excluding hydrogens is 380 g/mol. The van der Waals surface area contributed by atoms with E-state index in [1.165, 1.54) is 4.57 Å². The van der Waals surface area contributed by atoms with Crippen LogP contribution >= 0.6 is 0 Å². The summed E-state index contributed by atoms with van der Waals surface area (Å²) in [4.78, 5) is 0.